The zero-order valence-electron chi connectivity index (χ0n) is 16.0. The molecule has 1 aliphatic rings. The highest BCUT2D eigenvalue weighted by atomic mass is 16.2. The maximum Gasteiger partial charge on any atom is 0.325 e. The number of nitrogens with one attached hydrogen (secondary N) is 2. The van der Waals surface area contributed by atoms with E-state index in [2.05, 4.69) is 26.4 Å². The SMILES string of the molecule is CCCCn1ccnc1C1CCCN(C(=O)Cc2c(C)[nH]c(=O)[nH]c2=O)C1. The number of rotatable bonds is 6. The normalized spacial score (nSPS) is 17.3. The van der Waals surface area contributed by atoms with Crippen molar-refractivity contribution < 1.29 is 4.79 Å². The smallest absolute Gasteiger partial charge is 0.325 e. The molecule has 0 saturated carbocycles. The van der Waals surface area contributed by atoms with Crippen molar-refractivity contribution in [2.45, 2.75) is 58.4 Å². The molecule has 3 rings (SSSR count). The minimum atomic E-state index is -0.550. The molecule has 1 fully saturated rings. The highest BCUT2D eigenvalue weighted by Crippen LogP contribution is 2.26. The van der Waals surface area contributed by atoms with Crippen molar-refractivity contribution in [3.63, 3.8) is 0 Å². The summed E-state index contributed by atoms with van der Waals surface area (Å²) in [6.45, 7) is 6.05. The van der Waals surface area contributed by atoms with Gasteiger partial charge in [0.2, 0.25) is 5.91 Å². The highest BCUT2D eigenvalue weighted by Gasteiger charge is 2.28. The van der Waals surface area contributed by atoms with E-state index in [0.717, 1.165) is 38.1 Å². The number of hydrogen-bond acceptors (Lipinski definition) is 4. The number of likely N-dealkylation sites (tertiary alicyclic amines) is 1. The van der Waals surface area contributed by atoms with Crippen LogP contribution in [0.15, 0.2) is 22.0 Å². The molecule has 1 unspecified atom stereocenters. The first-order valence-electron chi connectivity index (χ1n) is 9.60. The molecular formula is C19H27N5O3. The monoisotopic (exact) mass is 373 g/mol. The quantitative estimate of drug-likeness (QED) is 0.797. The zero-order chi connectivity index (χ0) is 19.4. The van der Waals surface area contributed by atoms with Crippen molar-refractivity contribution in [3.8, 4) is 0 Å². The van der Waals surface area contributed by atoms with Crippen LogP contribution in [0, 0.1) is 6.92 Å². The fourth-order valence-corrected chi connectivity index (χ4v) is 3.71. The van der Waals surface area contributed by atoms with Crippen molar-refractivity contribution in [1.29, 1.82) is 0 Å². The van der Waals surface area contributed by atoms with E-state index in [4.69, 9.17) is 0 Å². The molecule has 3 heterocycles. The van der Waals surface area contributed by atoms with Crippen molar-refractivity contribution in [2.24, 2.45) is 0 Å². The van der Waals surface area contributed by atoms with Crippen LogP contribution in [0.25, 0.3) is 0 Å². The Kier molecular flexibility index (Phi) is 5.93. The van der Waals surface area contributed by atoms with Crippen LogP contribution in [0.5, 0.6) is 0 Å². The largest absolute Gasteiger partial charge is 0.342 e. The highest BCUT2D eigenvalue weighted by molar-refractivity contribution is 5.79. The number of H-pyrrole nitrogens is 2. The minimum absolute atomic E-state index is 0.00502. The molecule has 1 atom stereocenters. The number of amides is 1. The Labute approximate surface area is 157 Å². The Morgan fingerprint density at radius 1 is 1.33 bits per heavy atom. The Morgan fingerprint density at radius 3 is 2.89 bits per heavy atom. The second-order valence-electron chi connectivity index (χ2n) is 7.20. The van der Waals surface area contributed by atoms with Gasteiger partial charge in [0.15, 0.2) is 0 Å². The minimum Gasteiger partial charge on any atom is -0.342 e. The van der Waals surface area contributed by atoms with Gasteiger partial charge in [-0.3, -0.25) is 14.6 Å². The van der Waals surface area contributed by atoms with Gasteiger partial charge in [0.05, 0.1) is 6.42 Å². The number of aryl methyl sites for hydroxylation is 2. The van der Waals surface area contributed by atoms with E-state index in [1.165, 1.54) is 0 Å². The Bertz CT molecular complexity index is 911. The Morgan fingerprint density at radius 2 is 2.15 bits per heavy atom. The number of aromatic amines is 2. The lowest BCUT2D eigenvalue weighted by molar-refractivity contribution is -0.131. The van der Waals surface area contributed by atoms with Gasteiger partial charge in [-0.25, -0.2) is 9.78 Å². The van der Waals surface area contributed by atoms with Crippen molar-refractivity contribution >= 4 is 5.91 Å². The van der Waals surface area contributed by atoms with Gasteiger partial charge in [-0.05, 0) is 26.2 Å². The van der Waals surface area contributed by atoms with E-state index in [9.17, 15) is 14.4 Å². The molecule has 1 saturated heterocycles. The van der Waals surface area contributed by atoms with E-state index < -0.39 is 11.2 Å². The fourth-order valence-electron chi connectivity index (χ4n) is 3.71. The standard InChI is InChI=1S/C19H27N5O3/c1-3-4-8-23-10-7-20-17(23)14-6-5-9-24(12-14)16(25)11-15-13(2)21-19(27)22-18(15)26/h7,10,14H,3-6,8-9,11-12H2,1-2H3,(H2,21,22,26,27). The molecule has 0 aliphatic carbocycles. The maximum absolute atomic E-state index is 12.8. The summed E-state index contributed by atoms with van der Waals surface area (Å²) in [7, 11) is 0. The predicted molar refractivity (Wildman–Crippen MR) is 102 cm³/mol. The average molecular weight is 373 g/mol. The molecule has 0 spiro atoms. The van der Waals surface area contributed by atoms with Gasteiger partial charge in [0.25, 0.3) is 5.56 Å². The van der Waals surface area contributed by atoms with Crippen LogP contribution >= 0.6 is 0 Å². The predicted octanol–water partition coefficient (Wildman–Crippen LogP) is 1.32. The second-order valence-corrected chi connectivity index (χ2v) is 7.20. The van der Waals surface area contributed by atoms with Gasteiger partial charge in [-0.2, -0.15) is 0 Å². The lowest BCUT2D eigenvalue weighted by Gasteiger charge is -2.33. The number of carbonyl (C=O) groups excluding carboxylic acids is 1. The topological polar surface area (TPSA) is 104 Å². The molecule has 2 aromatic rings. The molecule has 1 amide bonds. The third-order valence-corrected chi connectivity index (χ3v) is 5.22. The summed E-state index contributed by atoms with van der Waals surface area (Å²) < 4.78 is 2.19. The average Bonchev–Trinajstić information content (AvgIpc) is 3.11. The van der Waals surface area contributed by atoms with Crippen LogP contribution in [-0.4, -0.2) is 43.4 Å². The number of unbranched alkanes of at least 4 members (excludes halogenated alkanes) is 1. The molecular weight excluding hydrogens is 346 g/mol. The first kappa shape index (κ1) is 19.1. The van der Waals surface area contributed by atoms with Gasteiger partial charge in [0, 0.05) is 49.2 Å². The number of nitrogens with zero attached hydrogens (tertiary/aromatic N) is 3. The first-order chi connectivity index (χ1) is 13.0. The molecule has 27 heavy (non-hydrogen) atoms. The van der Waals surface area contributed by atoms with E-state index in [0.29, 0.717) is 24.3 Å². The first-order valence-corrected chi connectivity index (χ1v) is 9.60. The van der Waals surface area contributed by atoms with Crippen LogP contribution in [0.1, 0.15) is 55.6 Å². The number of hydrogen-bond donors (Lipinski definition) is 2. The third kappa shape index (κ3) is 4.37. The molecule has 2 N–H and O–H groups in total. The lowest BCUT2D eigenvalue weighted by Crippen LogP contribution is -2.41. The summed E-state index contributed by atoms with van der Waals surface area (Å²) in [5.41, 5.74) is -0.272. The molecule has 0 bridgehead atoms. The molecule has 146 valence electrons. The van der Waals surface area contributed by atoms with Crippen LogP contribution in [0.2, 0.25) is 0 Å². The Hall–Kier alpha value is -2.64. The molecule has 0 radical (unpaired) electrons. The fraction of sp³-hybridized carbons (Fsp3) is 0.579. The van der Waals surface area contributed by atoms with Crippen LogP contribution in [-0.2, 0) is 17.8 Å². The number of imidazole rings is 1. The van der Waals surface area contributed by atoms with Gasteiger partial charge in [-0.15, -0.1) is 0 Å². The number of carbonyl (C=O) groups is 1. The van der Waals surface area contributed by atoms with Crippen molar-refractivity contribution in [2.75, 3.05) is 13.1 Å². The maximum atomic E-state index is 12.8. The summed E-state index contributed by atoms with van der Waals surface area (Å²) >= 11 is 0. The summed E-state index contributed by atoms with van der Waals surface area (Å²) in [6, 6.07) is 0. The van der Waals surface area contributed by atoms with Crippen LogP contribution in [0.4, 0.5) is 0 Å². The van der Waals surface area contributed by atoms with Gasteiger partial charge < -0.3 is 14.5 Å². The van der Waals surface area contributed by atoms with Gasteiger partial charge >= 0.3 is 5.69 Å². The third-order valence-electron chi connectivity index (χ3n) is 5.22. The van der Waals surface area contributed by atoms with Crippen molar-refractivity contribution in [1.82, 2.24) is 24.4 Å². The summed E-state index contributed by atoms with van der Waals surface area (Å²) in [5, 5.41) is 0. The van der Waals surface area contributed by atoms with Crippen molar-refractivity contribution in [3.05, 3.63) is 50.3 Å². The Balaban J connectivity index is 1.71. The number of piperidine rings is 1. The molecule has 2 aromatic heterocycles. The van der Waals surface area contributed by atoms with E-state index in [1.54, 1.807) is 6.92 Å². The molecule has 0 aromatic carbocycles. The number of aromatic nitrogens is 4. The summed E-state index contributed by atoms with van der Waals surface area (Å²) in [6.07, 6.45) is 7.98. The summed E-state index contributed by atoms with van der Waals surface area (Å²) in [5.74, 6) is 1.16. The van der Waals surface area contributed by atoms with E-state index in [1.807, 2.05) is 17.3 Å². The second kappa shape index (κ2) is 8.37. The van der Waals surface area contributed by atoms with E-state index >= 15 is 0 Å². The van der Waals surface area contributed by atoms with Crippen LogP contribution < -0.4 is 11.2 Å². The van der Waals surface area contributed by atoms with Gasteiger partial charge in [0.1, 0.15) is 5.82 Å². The zero-order valence-corrected chi connectivity index (χ0v) is 16.0. The van der Waals surface area contributed by atoms with E-state index in [-0.39, 0.29) is 18.2 Å². The molecule has 8 nitrogen and oxygen atoms in total. The van der Waals surface area contributed by atoms with Crippen LogP contribution in [0.3, 0.4) is 0 Å². The molecule has 1 aliphatic heterocycles. The lowest BCUT2D eigenvalue weighted by atomic mass is 9.96. The summed E-state index contributed by atoms with van der Waals surface area (Å²) in [4.78, 5) is 47.2. The molecule has 8 heteroatoms. The van der Waals surface area contributed by atoms with Gasteiger partial charge in [-0.1, -0.05) is 13.3 Å².